The van der Waals surface area contributed by atoms with Crippen molar-refractivity contribution in [3.8, 4) is 0 Å². The second-order valence-corrected chi connectivity index (χ2v) is 5.47. The monoisotopic (exact) mass is 348 g/mol. The molecule has 26 heavy (non-hydrogen) atoms. The van der Waals surface area contributed by atoms with E-state index in [2.05, 4.69) is 9.97 Å². The van der Waals surface area contributed by atoms with Crippen LogP contribution in [-0.4, -0.2) is 18.8 Å². The van der Waals surface area contributed by atoms with Crippen LogP contribution >= 0.6 is 0 Å². The maximum absolute atomic E-state index is 13.9. The average molecular weight is 348 g/mol. The van der Waals surface area contributed by atoms with Crippen LogP contribution in [0.3, 0.4) is 0 Å². The summed E-state index contributed by atoms with van der Waals surface area (Å²) >= 11 is 0. The molecule has 6 rings (SSSR count). The van der Waals surface area contributed by atoms with Gasteiger partial charge in [-0.05, 0) is 36.3 Å². The highest BCUT2D eigenvalue weighted by Gasteiger charge is 2.16. The topological polar surface area (TPSA) is 51.7 Å². The molecule has 0 aliphatic heterocycles. The summed E-state index contributed by atoms with van der Waals surface area (Å²) in [5.74, 6) is -0.369. The highest BCUT2D eigenvalue weighted by Crippen LogP contribution is 2.26. The van der Waals surface area contributed by atoms with Crippen molar-refractivity contribution in [2.45, 2.75) is 0 Å². The van der Waals surface area contributed by atoms with Crippen LogP contribution in [0.2, 0.25) is 0 Å². The van der Waals surface area contributed by atoms with Gasteiger partial charge in [0, 0.05) is 5.39 Å². The van der Waals surface area contributed by atoms with Gasteiger partial charge in [-0.3, -0.25) is 9.20 Å². The smallest absolute Gasteiger partial charge is 0.268 e. The highest BCUT2D eigenvalue weighted by molar-refractivity contribution is 5.99. The predicted octanol–water partition coefficient (Wildman–Crippen LogP) is 3.80. The first-order chi connectivity index (χ1) is 17.8. The molecule has 0 saturated heterocycles. The van der Waals surface area contributed by atoms with Crippen LogP contribution in [-0.2, 0) is 0 Å². The molecule has 0 amide bonds. The second kappa shape index (κ2) is 4.67. The van der Waals surface area contributed by atoms with E-state index in [0.717, 1.165) is 8.80 Å². The first-order valence-electron chi connectivity index (χ1n) is 13.4. The minimum Gasteiger partial charge on any atom is -0.277 e. The van der Waals surface area contributed by atoms with Gasteiger partial charge in [-0.1, -0.05) is 36.3 Å². The third-order valence-electron chi connectivity index (χ3n) is 4.11. The van der Waals surface area contributed by atoms with Crippen molar-refractivity contribution in [2.75, 3.05) is 0 Å². The Labute approximate surface area is 163 Å². The number of hydrogen-bond acceptors (Lipinski definition) is 3. The van der Waals surface area contributed by atoms with Gasteiger partial charge in [0.15, 0.2) is 5.65 Å². The van der Waals surface area contributed by atoms with Gasteiger partial charge >= 0.3 is 0 Å². The quantitative estimate of drug-likeness (QED) is 0.310. The fourth-order valence-electron chi connectivity index (χ4n) is 3.05. The molecule has 3 aromatic carbocycles. The first-order valence-corrected chi connectivity index (χ1v) is 7.44. The zero-order valence-electron chi connectivity index (χ0n) is 24.7. The zero-order chi connectivity index (χ0) is 27.7. The Hall–Kier alpha value is -3.73. The molecular weight excluding hydrogens is 324 g/mol. The van der Waals surface area contributed by atoms with Crippen molar-refractivity contribution in [3.05, 3.63) is 82.9 Å². The molecule has 0 N–H and O–H groups in total. The summed E-state index contributed by atoms with van der Waals surface area (Å²) in [7, 11) is 0. The SMILES string of the molecule is [2H]c1c([2H])c([2H])c2c(=O)n3c(nc2c1[2H])c1c([2H])c([2H])c([2H])c([2H])c1n1c2c([2H])c([2H])c([2H])c([2H])c2nc31. The molecule has 0 aliphatic carbocycles. The number of fused-ring (bicyclic) bond motifs is 9. The van der Waals surface area contributed by atoms with Crippen molar-refractivity contribution in [1.29, 1.82) is 0 Å². The lowest BCUT2D eigenvalue weighted by Crippen LogP contribution is -2.18. The third kappa shape index (κ3) is 1.57. The lowest BCUT2D eigenvalue weighted by Gasteiger charge is -2.10. The lowest BCUT2D eigenvalue weighted by atomic mass is 10.2. The number of nitrogens with zero attached hydrogens (tertiary/aromatic N) is 4. The van der Waals surface area contributed by atoms with Gasteiger partial charge in [0.1, 0.15) is 0 Å². The normalized spacial score (nSPS) is 18.5. The number of hydrogen-bond donors (Lipinski definition) is 0. The van der Waals surface area contributed by atoms with E-state index in [1.807, 2.05) is 0 Å². The number of para-hydroxylation sites is 4. The Bertz CT molecular complexity index is 2190. The molecule has 0 spiro atoms. The third-order valence-corrected chi connectivity index (χ3v) is 4.11. The molecule has 0 bridgehead atoms. The van der Waals surface area contributed by atoms with Crippen LogP contribution in [0.1, 0.15) is 16.4 Å². The van der Waals surface area contributed by atoms with Crippen molar-refractivity contribution in [2.24, 2.45) is 0 Å². The fraction of sp³-hybridized carbons (Fsp3) is 0. The molecule has 0 aliphatic rings. The van der Waals surface area contributed by atoms with Crippen LogP contribution in [0.5, 0.6) is 0 Å². The van der Waals surface area contributed by atoms with E-state index >= 15 is 0 Å². The molecule has 6 aromatic rings. The van der Waals surface area contributed by atoms with Gasteiger partial charge in [-0.25, -0.2) is 14.4 Å². The van der Waals surface area contributed by atoms with E-state index in [9.17, 15) is 4.79 Å². The molecule has 0 unspecified atom stereocenters. The largest absolute Gasteiger partial charge is 0.277 e. The van der Waals surface area contributed by atoms with E-state index in [4.69, 9.17) is 16.4 Å². The molecule has 5 heteroatoms. The van der Waals surface area contributed by atoms with Gasteiger partial charge in [-0.15, -0.1) is 0 Å². The van der Waals surface area contributed by atoms with E-state index in [1.165, 1.54) is 0 Å². The number of rotatable bonds is 0. The summed E-state index contributed by atoms with van der Waals surface area (Å²) in [4.78, 5) is 22.4. The fourth-order valence-corrected chi connectivity index (χ4v) is 3.05. The summed E-state index contributed by atoms with van der Waals surface area (Å²) in [6.07, 6.45) is 0. The molecule has 0 saturated carbocycles. The number of imidazole rings is 1. The number of benzene rings is 3. The average Bonchev–Trinajstić information content (AvgIpc) is 3.29. The van der Waals surface area contributed by atoms with Crippen LogP contribution in [0.4, 0.5) is 0 Å². The van der Waals surface area contributed by atoms with Gasteiger partial charge < -0.3 is 0 Å². The summed E-state index contributed by atoms with van der Waals surface area (Å²) in [5, 5.41) is -0.802. The Morgan fingerprint density at radius 3 is 2.19 bits per heavy atom. The van der Waals surface area contributed by atoms with Crippen molar-refractivity contribution >= 4 is 44.3 Å². The first kappa shape index (κ1) is 6.53. The predicted molar refractivity (Wildman–Crippen MR) is 103 cm³/mol. The summed E-state index contributed by atoms with van der Waals surface area (Å²) in [6.45, 7) is 0. The summed E-state index contributed by atoms with van der Waals surface area (Å²) in [5.41, 5.74) is -2.62. The number of aromatic nitrogens is 4. The van der Waals surface area contributed by atoms with Crippen molar-refractivity contribution < 1.29 is 16.4 Å². The van der Waals surface area contributed by atoms with Gasteiger partial charge in [0.05, 0.1) is 43.9 Å². The Balaban J connectivity index is 2.13. The Morgan fingerprint density at radius 2 is 1.35 bits per heavy atom. The standard InChI is InChI=1S/C21H12N4O/c26-20-13-7-1-3-9-15(13)22-19-14-8-2-5-11-17(14)24-18-12-6-4-10-16(18)23-21(24)25(19)20/h1-12H/i1D,2D,3D,4D,5D,6D,7D,8D,9D,10D,11D,12D. The minimum atomic E-state index is -1.03. The molecule has 0 fully saturated rings. The Morgan fingerprint density at radius 1 is 0.692 bits per heavy atom. The van der Waals surface area contributed by atoms with Gasteiger partial charge in [-0.2, -0.15) is 0 Å². The second-order valence-electron chi connectivity index (χ2n) is 5.47. The molecule has 5 nitrogen and oxygen atoms in total. The van der Waals surface area contributed by atoms with Crippen LogP contribution in [0.25, 0.3) is 44.3 Å². The van der Waals surface area contributed by atoms with Gasteiger partial charge in [0.25, 0.3) is 5.56 Å². The summed E-state index contributed by atoms with van der Waals surface area (Å²) in [6, 6.07) is -7.51. The minimum absolute atomic E-state index is 0.245. The van der Waals surface area contributed by atoms with E-state index in [1.54, 1.807) is 0 Å². The molecule has 0 radical (unpaired) electrons. The molecular formula is C21H12N4O. The zero-order valence-corrected chi connectivity index (χ0v) is 12.7. The Kier molecular flexibility index (Phi) is 1.17. The molecule has 3 heterocycles. The van der Waals surface area contributed by atoms with Crippen molar-refractivity contribution in [3.63, 3.8) is 0 Å². The van der Waals surface area contributed by atoms with E-state index in [0.29, 0.717) is 0 Å². The van der Waals surface area contributed by atoms with Gasteiger partial charge in [0.2, 0.25) is 5.78 Å². The lowest BCUT2D eigenvalue weighted by molar-refractivity contribution is 1.05. The van der Waals surface area contributed by atoms with Crippen LogP contribution in [0, 0.1) is 0 Å². The molecule has 122 valence electrons. The van der Waals surface area contributed by atoms with E-state index in [-0.39, 0.29) is 33.4 Å². The highest BCUT2D eigenvalue weighted by atomic mass is 16.1. The van der Waals surface area contributed by atoms with Crippen LogP contribution < -0.4 is 5.56 Å². The van der Waals surface area contributed by atoms with Crippen molar-refractivity contribution in [1.82, 2.24) is 18.8 Å². The molecule has 3 aromatic heterocycles. The van der Waals surface area contributed by atoms with E-state index < -0.39 is 89.0 Å². The maximum atomic E-state index is 13.9. The maximum Gasteiger partial charge on any atom is 0.268 e. The van der Waals surface area contributed by atoms with Crippen LogP contribution in [0.15, 0.2) is 77.3 Å². The summed E-state index contributed by atoms with van der Waals surface area (Å²) < 4.78 is 101. The molecule has 0 atom stereocenters.